The maximum atomic E-state index is 12.4. The molecular weight excluding hydrogens is 528 g/mol. The van der Waals surface area contributed by atoms with E-state index >= 15 is 0 Å². The number of anilines is 1. The van der Waals surface area contributed by atoms with Crippen molar-refractivity contribution < 1.29 is 9.53 Å². The monoisotopic (exact) mass is 542 g/mol. The largest absolute Gasteiger partial charge is 0.487 e. The number of halogens is 3. The Kier molecular flexibility index (Phi) is 7.15. The van der Waals surface area contributed by atoms with Crippen molar-refractivity contribution in [3.63, 3.8) is 0 Å². The number of nitrogens with one attached hydrogen (secondary N) is 2. The summed E-state index contributed by atoms with van der Waals surface area (Å²) in [5.41, 5.74) is 2.58. The van der Waals surface area contributed by atoms with Gasteiger partial charge in [-0.05, 0) is 86.3 Å². The molecule has 8 heteroatoms. The number of ether oxygens (including phenoxy) is 1. The molecule has 1 unspecified atom stereocenters. The smallest absolute Gasteiger partial charge is 0.260 e. The van der Waals surface area contributed by atoms with Crippen molar-refractivity contribution in [3.8, 4) is 5.75 Å². The number of benzene rings is 2. The highest BCUT2D eigenvalue weighted by molar-refractivity contribution is 9.11. The van der Waals surface area contributed by atoms with Crippen molar-refractivity contribution in [3.05, 3.63) is 73.0 Å². The molecule has 1 aliphatic rings. The Balaban J connectivity index is 1.76. The molecule has 0 aromatic heterocycles. The number of amides is 1. The van der Waals surface area contributed by atoms with Crippen molar-refractivity contribution in [1.82, 2.24) is 5.32 Å². The fourth-order valence-corrected chi connectivity index (χ4v) is 5.24. The molecule has 28 heavy (non-hydrogen) atoms. The highest BCUT2D eigenvalue weighted by atomic mass is 79.9. The van der Waals surface area contributed by atoms with Crippen LogP contribution in [0.25, 0.3) is 6.08 Å². The van der Waals surface area contributed by atoms with Crippen molar-refractivity contribution in [2.24, 2.45) is 0 Å². The van der Waals surface area contributed by atoms with Gasteiger partial charge in [0, 0.05) is 10.7 Å². The number of rotatable bonds is 6. The highest BCUT2D eigenvalue weighted by Gasteiger charge is 2.27. The first-order valence-electron chi connectivity index (χ1n) is 8.32. The van der Waals surface area contributed by atoms with Crippen LogP contribution in [0.2, 0.25) is 5.02 Å². The van der Waals surface area contributed by atoms with Crippen LogP contribution in [-0.4, -0.2) is 18.0 Å². The molecule has 4 nitrogen and oxygen atoms in total. The average Bonchev–Trinajstić information content (AvgIpc) is 2.96. The van der Waals surface area contributed by atoms with Crippen molar-refractivity contribution >= 4 is 72.9 Å². The first-order chi connectivity index (χ1) is 13.4. The van der Waals surface area contributed by atoms with Gasteiger partial charge in [0.15, 0.2) is 5.50 Å². The van der Waals surface area contributed by atoms with Crippen LogP contribution in [0.15, 0.2) is 56.8 Å². The Morgan fingerprint density at radius 2 is 2.04 bits per heavy atom. The van der Waals surface area contributed by atoms with Crippen LogP contribution < -0.4 is 15.4 Å². The third-order valence-electron chi connectivity index (χ3n) is 3.87. The molecule has 0 bridgehead atoms. The lowest BCUT2D eigenvalue weighted by atomic mass is 10.2. The predicted molar refractivity (Wildman–Crippen MR) is 125 cm³/mol. The fourth-order valence-electron chi connectivity index (χ4n) is 2.59. The molecule has 2 N–H and O–H groups in total. The molecule has 1 saturated heterocycles. The zero-order valence-corrected chi connectivity index (χ0v) is 19.6. The zero-order chi connectivity index (χ0) is 20.3. The van der Waals surface area contributed by atoms with Crippen molar-refractivity contribution in [2.45, 2.75) is 12.4 Å². The van der Waals surface area contributed by atoms with Crippen LogP contribution in [0.5, 0.6) is 5.75 Å². The molecule has 1 amide bonds. The van der Waals surface area contributed by atoms with Gasteiger partial charge in [0.25, 0.3) is 5.91 Å². The fraction of sp³-hybridized carbons (Fsp3) is 0.150. The van der Waals surface area contributed by atoms with E-state index in [2.05, 4.69) is 49.1 Å². The molecule has 0 saturated carbocycles. The van der Waals surface area contributed by atoms with Gasteiger partial charge in [-0.15, -0.1) is 0 Å². The average molecular weight is 545 g/mol. The molecule has 0 spiro atoms. The summed E-state index contributed by atoms with van der Waals surface area (Å²) in [4.78, 5) is 13.0. The summed E-state index contributed by atoms with van der Waals surface area (Å²) in [6, 6.07) is 9.43. The van der Waals surface area contributed by atoms with Gasteiger partial charge in [0.1, 0.15) is 12.4 Å². The topological polar surface area (TPSA) is 50.4 Å². The molecule has 0 radical (unpaired) electrons. The highest BCUT2D eigenvalue weighted by Crippen LogP contribution is 2.37. The Morgan fingerprint density at radius 3 is 2.68 bits per heavy atom. The van der Waals surface area contributed by atoms with Gasteiger partial charge in [0.2, 0.25) is 0 Å². The van der Waals surface area contributed by atoms with Crippen LogP contribution in [0.4, 0.5) is 5.69 Å². The van der Waals surface area contributed by atoms with Gasteiger partial charge in [-0.1, -0.05) is 36.0 Å². The van der Waals surface area contributed by atoms with Crippen LogP contribution in [-0.2, 0) is 4.79 Å². The lowest BCUT2D eigenvalue weighted by Crippen LogP contribution is -2.31. The first kappa shape index (κ1) is 21.3. The molecule has 1 heterocycles. The van der Waals surface area contributed by atoms with E-state index in [9.17, 15) is 4.79 Å². The van der Waals surface area contributed by atoms with Crippen LogP contribution in [0.3, 0.4) is 0 Å². The summed E-state index contributed by atoms with van der Waals surface area (Å²) in [7, 11) is 0. The standard InChI is InChI=1S/C20H17Br2ClN2O2S/c1-3-6-27-18-14(21)8-12(9-15(18)22)10-17-19(26)25-20(28-17)24-16-5-4-13(23)7-11(16)2/h3-5,7-10,20,24H,1,6H2,2H3,(H,25,26)/b17-10-. The lowest BCUT2D eigenvalue weighted by Gasteiger charge is -2.15. The van der Waals surface area contributed by atoms with Gasteiger partial charge >= 0.3 is 0 Å². The molecule has 2 aromatic carbocycles. The quantitative estimate of drug-likeness (QED) is 0.329. The summed E-state index contributed by atoms with van der Waals surface area (Å²) >= 11 is 14.5. The minimum atomic E-state index is -0.249. The summed E-state index contributed by atoms with van der Waals surface area (Å²) in [6.45, 7) is 6.03. The maximum absolute atomic E-state index is 12.4. The SMILES string of the molecule is C=CCOc1c(Br)cc(/C=C2\SC(Nc3ccc(Cl)cc3C)NC2=O)cc1Br. The molecular formula is C20H17Br2ClN2O2S. The van der Waals surface area contributed by atoms with Crippen molar-refractivity contribution in [1.29, 1.82) is 0 Å². The minimum Gasteiger partial charge on any atom is -0.487 e. The number of carbonyl (C=O) groups excluding carboxylic acids is 1. The van der Waals surface area contributed by atoms with E-state index in [1.165, 1.54) is 11.8 Å². The van der Waals surface area contributed by atoms with E-state index in [0.29, 0.717) is 22.3 Å². The second kappa shape index (κ2) is 9.39. The van der Waals surface area contributed by atoms with E-state index in [1.807, 2.05) is 43.3 Å². The summed E-state index contributed by atoms with van der Waals surface area (Å²) in [5.74, 6) is 0.580. The summed E-state index contributed by atoms with van der Waals surface area (Å²) < 4.78 is 7.22. The second-order valence-corrected chi connectivity index (χ2v) is 9.29. The number of carbonyl (C=O) groups is 1. The van der Waals surface area contributed by atoms with Gasteiger partial charge in [-0.25, -0.2) is 0 Å². The van der Waals surface area contributed by atoms with E-state index in [0.717, 1.165) is 25.8 Å². The number of hydrogen-bond donors (Lipinski definition) is 2. The van der Waals surface area contributed by atoms with E-state index < -0.39 is 0 Å². The van der Waals surface area contributed by atoms with E-state index in [4.69, 9.17) is 16.3 Å². The third kappa shape index (κ3) is 5.14. The van der Waals surface area contributed by atoms with Crippen molar-refractivity contribution in [2.75, 3.05) is 11.9 Å². The molecule has 146 valence electrons. The summed E-state index contributed by atoms with van der Waals surface area (Å²) in [5, 5.41) is 6.94. The van der Waals surface area contributed by atoms with Gasteiger partial charge in [-0.3, -0.25) is 4.79 Å². The Bertz CT molecular complexity index is 942. The van der Waals surface area contributed by atoms with Gasteiger partial charge in [0.05, 0.1) is 13.9 Å². The van der Waals surface area contributed by atoms with Crippen LogP contribution in [0.1, 0.15) is 11.1 Å². The van der Waals surface area contributed by atoms with Gasteiger partial charge < -0.3 is 15.4 Å². The second-order valence-electron chi connectivity index (χ2n) is 6.00. The first-order valence-corrected chi connectivity index (χ1v) is 11.2. The van der Waals surface area contributed by atoms with Crippen LogP contribution in [0, 0.1) is 6.92 Å². The zero-order valence-electron chi connectivity index (χ0n) is 14.9. The number of aryl methyl sites for hydroxylation is 1. The minimum absolute atomic E-state index is 0.117. The molecule has 1 fully saturated rings. The molecule has 1 aliphatic heterocycles. The van der Waals surface area contributed by atoms with Crippen LogP contribution >= 0.6 is 55.2 Å². The predicted octanol–water partition coefficient (Wildman–Crippen LogP) is 6.34. The lowest BCUT2D eigenvalue weighted by molar-refractivity contribution is -0.116. The Labute approximate surface area is 190 Å². The number of hydrogen-bond acceptors (Lipinski definition) is 4. The van der Waals surface area contributed by atoms with E-state index in [1.54, 1.807) is 6.08 Å². The third-order valence-corrected chi connectivity index (χ3v) is 6.31. The molecule has 0 aliphatic carbocycles. The Hall–Kier alpha value is -1.41. The van der Waals surface area contributed by atoms with E-state index in [-0.39, 0.29) is 11.4 Å². The number of thioether (sulfide) groups is 1. The molecule has 2 aromatic rings. The molecule has 1 atom stereocenters. The molecule has 3 rings (SSSR count). The maximum Gasteiger partial charge on any atom is 0.260 e. The van der Waals surface area contributed by atoms with Gasteiger partial charge in [-0.2, -0.15) is 0 Å². The normalized spacial score (nSPS) is 17.5. The Morgan fingerprint density at radius 1 is 1.32 bits per heavy atom. The summed E-state index contributed by atoms with van der Waals surface area (Å²) in [6.07, 6.45) is 3.53.